The Hall–Kier alpha value is -3.43. The summed E-state index contributed by atoms with van der Waals surface area (Å²) in [7, 11) is 0. The summed E-state index contributed by atoms with van der Waals surface area (Å²) in [4.78, 5) is 41.8. The number of thiazole rings is 1. The molecule has 3 heterocycles. The molecule has 2 N–H and O–H groups in total. The van der Waals surface area contributed by atoms with Gasteiger partial charge in [-0.15, -0.1) is 11.3 Å². The van der Waals surface area contributed by atoms with Crippen LogP contribution >= 0.6 is 11.3 Å². The van der Waals surface area contributed by atoms with Crippen molar-refractivity contribution in [3.05, 3.63) is 51.5 Å². The van der Waals surface area contributed by atoms with Crippen molar-refractivity contribution in [2.75, 3.05) is 26.3 Å². The number of rotatable bonds is 7. The molecule has 2 fully saturated rings. The molecule has 0 unspecified atom stereocenters. The average Bonchev–Trinajstić information content (AvgIpc) is 3.38. The van der Waals surface area contributed by atoms with Gasteiger partial charge in [0.15, 0.2) is 0 Å². The van der Waals surface area contributed by atoms with Crippen LogP contribution in [-0.4, -0.2) is 71.9 Å². The van der Waals surface area contributed by atoms with Crippen molar-refractivity contribution in [1.29, 1.82) is 5.26 Å². The van der Waals surface area contributed by atoms with E-state index in [0.29, 0.717) is 30.2 Å². The molecule has 34 heavy (non-hydrogen) atoms. The number of carbonyl (C=O) groups is 3. The van der Waals surface area contributed by atoms with E-state index in [0.717, 1.165) is 10.5 Å². The topological polar surface area (TPSA) is 124 Å². The minimum absolute atomic E-state index is 0.0476. The van der Waals surface area contributed by atoms with E-state index in [4.69, 9.17) is 10.00 Å². The summed E-state index contributed by atoms with van der Waals surface area (Å²) in [5, 5.41) is 16.4. The third-order valence-corrected chi connectivity index (χ3v) is 6.32. The number of halogens is 2. The van der Waals surface area contributed by atoms with Gasteiger partial charge < -0.3 is 20.3 Å². The average molecular weight is 490 g/mol. The van der Waals surface area contributed by atoms with Gasteiger partial charge in [-0.2, -0.15) is 5.26 Å². The normalized spacial score (nSPS) is 19.2. The maximum atomic E-state index is 13.5. The van der Waals surface area contributed by atoms with Crippen molar-refractivity contribution < 1.29 is 27.9 Å². The second-order valence-electron chi connectivity index (χ2n) is 8.12. The van der Waals surface area contributed by atoms with E-state index in [9.17, 15) is 23.2 Å². The van der Waals surface area contributed by atoms with Crippen molar-refractivity contribution in [3.63, 3.8) is 0 Å². The Morgan fingerprint density at radius 1 is 1.24 bits per heavy atom. The molecule has 0 bridgehead atoms. The Labute approximate surface area is 197 Å². The summed E-state index contributed by atoms with van der Waals surface area (Å²) < 4.78 is 32.0. The lowest BCUT2D eigenvalue weighted by Gasteiger charge is -2.26. The number of nitrogens with one attached hydrogen (secondary N) is 2. The zero-order valence-electron chi connectivity index (χ0n) is 17.9. The summed E-state index contributed by atoms with van der Waals surface area (Å²) in [6.45, 7) is -0.300. The van der Waals surface area contributed by atoms with Gasteiger partial charge >= 0.3 is 0 Å². The Morgan fingerprint density at radius 2 is 1.97 bits per heavy atom. The molecule has 2 aliphatic rings. The Kier molecular flexibility index (Phi) is 6.85. The van der Waals surface area contributed by atoms with E-state index in [1.807, 2.05) is 12.1 Å². The molecule has 1 atom stereocenters. The Morgan fingerprint density at radius 3 is 2.62 bits per heavy atom. The van der Waals surface area contributed by atoms with Crippen molar-refractivity contribution >= 4 is 29.1 Å². The molecule has 4 rings (SSSR count). The van der Waals surface area contributed by atoms with Crippen LogP contribution in [0.25, 0.3) is 0 Å². The van der Waals surface area contributed by atoms with Gasteiger partial charge in [0.2, 0.25) is 5.91 Å². The quantitative estimate of drug-likeness (QED) is 0.605. The highest BCUT2D eigenvalue weighted by Crippen LogP contribution is 2.31. The number of aromatic nitrogens is 1. The molecule has 12 heteroatoms. The number of hydrogen-bond acceptors (Lipinski definition) is 7. The van der Waals surface area contributed by atoms with Gasteiger partial charge in [0, 0.05) is 23.8 Å². The molecule has 2 saturated heterocycles. The molecule has 178 valence electrons. The van der Waals surface area contributed by atoms with Gasteiger partial charge in [-0.1, -0.05) is 12.1 Å². The van der Waals surface area contributed by atoms with Crippen LogP contribution in [0.15, 0.2) is 29.6 Å². The molecular weight excluding hydrogens is 468 g/mol. The number of carbonyl (C=O) groups excluding carboxylic acids is 3. The van der Waals surface area contributed by atoms with Crippen molar-refractivity contribution in [2.45, 2.75) is 30.8 Å². The number of benzene rings is 1. The lowest BCUT2D eigenvalue weighted by Crippen LogP contribution is -2.48. The lowest BCUT2D eigenvalue weighted by molar-refractivity contribution is -0.131. The number of ether oxygens (including phenoxy) is 1. The van der Waals surface area contributed by atoms with E-state index in [1.54, 1.807) is 23.6 Å². The predicted molar refractivity (Wildman–Crippen MR) is 116 cm³/mol. The highest BCUT2D eigenvalue weighted by atomic mass is 32.1. The second kappa shape index (κ2) is 9.82. The van der Waals surface area contributed by atoms with E-state index < -0.39 is 43.3 Å². The standard InChI is InChI=1S/C22H21F2N5O4S/c23-22(24)6-16(7-25)29(12-22)19(30)8-26-21(32)17-11-34-18(28-17)5-13-1-3-14(4-2-13)20(31)27-15-9-33-10-15/h1-4,11,15-16H,5-6,8-10,12H2,(H,26,32)(H,27,31)/t16-/m0/s1. The van der Waals surface area contributed by atoms with Gasteiger partial charge in [0.25, 0.3) is 17.7 Å². The first-order valence-electron chi connectivity index (χ1n) is 10.5. The van der Waals surface area contributed by atoms with Crippen LogP contribution in [0, 0.1) is 11.3 Å². The largest absolute Gasteiger partial charge is 0.377 e. The fourth-order valence-electron chi connectivity index (χ4n) is 3.58. The van der Waals surface area contributed by atoms with Crippen molar-refractivity contribution in [1.82, 2.24) is 20.5 Å². The molecule has 1 aromatic carbocycles. The highest BCUT2D eigenvalue weighted by Gasteiger charge is 2.47. The molecule has 2 aliphatic heterocycles. The molecular formula is C22H21F2N5O4S. The first-order chi connectivity index (χ1) is 16.2. The number of alkyl halides is 2. The number of nitriles is 1. The van der Waals surface area contributed by atoms with E-state index in [1.165, 1.54) is 11.3 Å². The van der Waals surface area contributed by atoms with Crippen LogP contribution in [-0.2, 0) is 16.0 Å². The predicted octanol–water partition coefficient (Wildman–Crippen LogP) is 1.35. The fraction of sp³-hybridized carbons (Fsp3) is 0.409. The zero-order chi connectivity index (χ0) is 24.3. The summed E-state index contributed by atoms with van der Waals surface area (Å²) in [6.07, 6.45) is -0.262. The first-order valence-corrected chi connectivity index (χ1v) is 11.4. The third-order valence-electron chi connectivity index (χ3n) is 5.47. The minimum Gasteiger partial charge on any atom is -0.377 e. The lowest BCUT2D eigenvalue weighted by atomic mass is 10.1. The number of likely N-dealkylation sites (tertiary alicyclic amines) is 1. The molecule has 0 radical (unpaired) electrons. The molecule has 0 aliphatic carbocycles. The first kappa shape index (κ1) is 23.7. The third kappa shape index (κ3) is 5.55. The zero-order valence-corrected chi connectivity index (χ0v) is 18.7. The monoisotopic (exact) mass is 489 g/mol. The maximum absolute atomic E-state index is 13.5. The van der Waals surface area contributed by atoms with Crippen LogP contribution in [0.4, 0.5) is 8.78 Å². The summed E-state index contributed by atoms with van der Waals surface area (Å²) >= 11 is 1.26. The molecule has 3 amide bonds. The Balaban J connectivity index is 1.28. The maximum Gasteiger partial charge on any atom is 0.271 e. The van der Waals surface area contributed by atoms with Crippen LogP contribution < -0.4 is 10.6 Å². The second-order valence-corrected chi connectivity index (χ2v) is 9.06. The summed E-state index contributed by atoms with van der Waals surface area (Å²) in [5.41, 5.74) is 1.54. The Bertz CT molecular complexity index is 1130. The fourth-order valence-corrected chi connectivity index (χ4v) is 4.38. The SMILES string of the molecule is N#C[C@@H]1CC(F)(F)CN1C(=O)CNC(=O)c1csc(Cc2ccc(C(=O)NC3COC3)cc2)n1. The van der Waals surface area contributed by atoms with Gasteiger partial charge in [-0.3, -0.25) is 14.4 Å². The number of nitrogens with zero attached hydrogens (tertiary/aromatic N) is 3. The van der Waals surface area contributed by atoms with Crippen molar-refractivity contribution in [3.8, 4) is 6.07 Å². The number of hydrogen-bond donors (Lipinski definition) is 2. The van der Waals surface area contributed by atoms with E-state index in [-0.39, 0.29) is 17.6 Å². The van der Waals surface area contributed by atoms with E-state index >= 15 is 0 Å². The van der Waals surface area contributed by atoms with Crippen LogP contribution in [0.2, 0.25) is 0 Å². The number of amides is 3. The van der Waals surface area contributed by atoms with Gasteiger partial charge in [-0.25, -0.2) is 13.8 Å². The molecule has 0 spiro atoms. The minimum atomic E-state index is -3.11. The summed E-state index contributed by atoms with van der Waals surface area (Å²) in [5.74, 6) is -4.64. The van der Waals surface area contributed by atoms with Crippen LogP contribution in [0.1, 0.15) is 37.8 Å². The van der Waals surface area contributed by atoms with Gasteiger partial charge in [0.05, 0.1) is 43.4 Å². The van der Waals surface area contributed by atoms with E-state index in [2.05, 4.69) is 15.6 Å². The van der Waals surface area contributed by atoms with Crippen LogP contribution in [0.3, 0.4) is 0 Å². The molecule has 9 nitrogen and oxygen atoms in total. The molecule has 1 aromatic heterocycles. The van der Waals surface area contributed by atoms with Gasteiger partial charge in [0.1, 0.15) is 11.7 Å². The van der Waals surface area contributed by atoms with Crippen molar-refractivity contribution in [2.24, 2.45) is 0 Å². The molecule has 2 aromatic rings. The summed E-state index contributed by atoms with van der Waals surface area (Å²) in [6, 6.07) is 7.58. The van der Waals surface area contributed by atoms with Crippen LogP contribution in [0.5, 0.6) is 0 Å². The van der Waals surface area contributed by atoms with Gasteiger partial charge in [-0.05, 0) is 17.7 Å². The smallest absolute Gasteiger partial charge is 0.271 e. The highest BCUT2D eigenvalue weighted by molar-refractivity contribution is 7.09. The molecule has 0 saturated carbocycles.